The van der Waals surface area contributed by atoms with Gasteiger partial charge in [-0.2, -0.15) is 0 Å². The molecule has 1 aliphatic heterocycles. The van der Waals surface area contributed by atoms with Crippen molar-refractivity contribution in [2.24, 2.45) is 0 Å². The molecule has 0 saturated carbocycles. The van der Waals surface area contributed by atoms with E-state index >= 15 is 0 Å². The maximum atomic E-state index is 4.10. The lowest BCUT2D eigenvalue weighted by Gasteiger charge is -2.47. The molecule has 0 bridgehead atoms. The third-order valence-electron chi connectivity index (χ3n) is 4.02. The Morgan fingerprint density at radius 3 is 2.50 bits per heavy atom. The molecule has 0 amide bonds. The largest absolute Gasteiger partial charge is 0.315 e. The van der Waals surface area contributed by atoms with Crippen LogP contribution in [0.15, 0.2) is 24.5 Å². The third-order valence-corrected chi connectivity index (χ3v) is 4.02. The topological polar surface area (TPSA) is 28.2 Å². The standard InChI is InChI=1S/C15H25N3/c1-14(2)7-10-17-12-15(3,4)18(14)11-13-5-8-16-9-6-13/h5-6,8-9,17H,7,10-12H2,1-4H3. The number of nitrogens with zero attached hydrogens (tertiary/aromatic N) is 2. The molecule has 0 aliphatic carbocycles. The predicted octanol–water partition coefficient (Wildman–Crippen LogP) is 2.43. The van der Waals surface area contributed by atoms with Crippen LogP contribution in [0.3, 0.4) is 0 Å². The number of pyridine rings is 1. The molecule has 2 heterocycles. The van der Waals surface area contributed by atoms with E-state index in [2.05, 4.69) is 55.0 Å². The zero-order chi connectivity index (χ0) is 13.2. The van der Waals surface area contributed by atoms with Gasteiger partial charge in [0.25, 0.3) is 0 Å². The molecule has 0 atom stereocenters. The van der Waals surface area contributed by atoms with Crippen LogP contribution in [0.1, 0.15) is 39.7 Å². The Balaban J connectivity index is 2.25. The van der Waals surface area contributed by atoms with E-state index in [0.717, 1.165) is 19.6 Å². The van der Waals surface area contributed by atoms with Crippen molar-refractivity contribution < 1.29 is 0 Å². The van der Waals surface area contributed by atoms with Gasteiger partial charge in [0.05, 0.1) is 0 Å². The molecule has 0 radical (unpaired) electrons. The zero-order valence-electron chi connectivity index (χ0n) is 12.0. The average Bonchev–Trinajstić information content (AvgIpc) is 2.41. The minimum absolute atomic E-state index is 0.170. The molecule has 1 aromatic rings. The smallest absolute Gasteiger partial charge is 0.0286 e. The third kappa shape index (κ3) is 2.90. The second kappa shape index (κ2) is 4.98. The molecule has 2 rings (SSSR count). The first-order valence-electron chi connectivity index (χ1n) is 6.79. The van der Waals surface area contributed by atoms with Crippen LogP contribution in [0.5, 0.6) is 0 Å². The van der Waals surface area contributed by atoms with Crippen LogP contribution in [0.25, 0.3) is 0 Å². The van der Waals surface area contributed by atoms with Gasteiger partial charge in [0.1, 0.15) is 0 Å². The van der Waals surface area contributed by atoms with Crippen molar-refractivity contribution in [1.29, 1.82) is 0 Å². The van der Waals surface area contributed by atoms with Crippen molar-refractivity contribution in [1.82, 2.24) is 15.2 Å². The first-order valence-corrected chi connectivity index (χ1v) is 6.79. The maximum absolute atomic E-state index is 4.10. The predicted molar refractivity (Wildman–Crippen MR) is 75.4 cm³/mol. The van der Waals surface area contributed by atoms with Crippen molar-refractivity contribution in [3.63, 3.8) is 0 Å². The van der Waals surface area contributed by atoms with E-state index in [1.165, 1.54) is 12.0 Å². The molecule has 0 spiro atoms. The Kier molecular flexibility index (Phi) is 3.74. The van der Waals surface area contributed by atoms with Gasteiger partial charge in [-0.15, -0.1) is 0 Å². The van der Waals surface area contributed by atoms with Crippen LogP contribution < -0.4 is 5.32 Å². The van der Waals surface area contributed by atoms with Crippen LogP contribution >= 0.6 is 0 Å². The van der Waals surface area contributed by atoms with Crippen molar-refractivity contribution in [2.45, 2.75) is 51.7 Å². The van der Waals surface area contributed by atoms with E-state index < -0.39 is 0 Å². The number of rotatable bonds is 2. The number of aromatic nitrogens is 1. The molecule has 0 unspecified atom stereocenters. The van der Waals surface area contributed by atoms with Crippen LogP contribution in [0.4, 0.5) is 0 Å². The van der Waals surface area contributed by atoms with Crippen molar-refractivity contribution in [2.75, 3.05) is 13.1 Å². The second-order valence-corrected chi connectivity index (χ2v) is 6.49. The molecule has 1 N–H and O–H groups in total. The highest BCUT2D eigenvalue weighted by Gasteiger charge is 2.39. The first-order chi connectivity index (χ1) is 8.42. The molecule has 1 saturated heterocycles. The van der Waals surface area contributed by atoms with Gasteiger partial charge >= 0.3 is 0 Å². The van der Waals surface area contributed by atoms with Crippen LogP contribution in [-0.2, 0) is 6.54 Å². The summed E-state index contributed by atoms with van der Waals surface area (Å²) in [5, 5.41) is 3.55. The second-order valence-electron chi connectivity index (χ2n) is 6.49. The quantitative estimate of drug-likeness (QED) is 0.870. The summed E-state index contributed by atoms with van der Waals surface area (Å²) in [5.74, 6) is 0. The summed E-state index contributed by atoms with van der Waals surface area (Å²) in [4.78, 5) is 6.72. The van der Waals surface area contributed by atoms with Crippen molar-refractivity contribution in [3.8, 4) is 0 Å². The van der Waals surface area contributed by atoms with Crippen LogP contribution in [0.2, 0.25) is 0 Å². The van der Waals surface area contributed by atoms with E-state index in [4.69, 9.17) is 0 Å². The van der Waals surface area contributed by atoms with Crippen LogP contribution in [0, 0.1) is 0 Å². The highest BCUT2D eigenvalue weighted by molar-refractivity contribution is 5.12. The molecular formula is C15H25N3. The number of hydrogen-bond acceptors (Lipinski definition) is 3. The highest BCUT2D eigenvalue weighted by atomic mass is 15.3. The van der Waals surface area contributed by atoms with E-state index in [1.807, 2.05) is 12.4 Å². The van der Waals surface area contributed by atoms with Gasteiger partial charge in [-0.3, -0.25) is 9.88 Å². The minimum atomic E-state index is 0.170. The Morgan fingerprint density at radius 1 is 1.17 bits per heavy atom. The van der Waals surface area contributed by atoms with Gasteiger partial charge in [-0.1, -0.05) is 0 Å². The summed E-state index contributed by atoms with van der Waals surface area (Å²) in [6, 6.07) is 4.23. The fourth-order valence-corrected chi connectivity index (χ4v) is 2.94. The van der Waals surface area contributed by atoms with Gasteiger partial charge in [0.15, 0.2) is 0 Å². The fraction of sp³-hybridized carbons (Fsp3) is 0.667. The summed E-state index contributed by atoms with van der Waals surface area (Å²) < 4.78 is 0. The Bertz CT molecular complexity index is 366. The molecule has 3 heteroatoms. The number of nitrogens with one attached hydrogen (secondary N) is 1. The van der Waals surface area contributed by atoms with Crippen molar-refractivity contribution in [3.05, 3.63) is 30.1 Å². The lowest BCUT2D eigenvalue weighted by molar-refractivity contribution is 0.0192. The maximum Gasteiger partial charge on any atom is 0.0286 e. The molecule has 1 aromatic heterocycles. The lowest BCUT2D eigenvalue weighted by Crippen LogP contribution is -2.56. The first kappa shape index (κ1) is 13.5. The molecule has 18 heavy (non-hydrogen) atoms. The summed E-state index contributed by atoms with van der Waals surface area (Å²) in [6.07, 6.45) is 4.94. The van der Waals surface area contributed by atoms with Crippen LogP contribution in [-0.4, -0.2) is 34.1 Å². The Hall–Kier alpha value is -0.930. The average molecular weight is 247 g/mol. The lowest BCUT2D eigenvalue weighted by atomic mass is 9.91. The summed E-state index contributed by atoms with van der Waals surface area (Å²) in [6.45, 7) is 12.5. The summed E-state index contributed by atoms with van der Waals surface area (Å²) >= 11 is 0. The molecule has 100 valence electrons. The molecule has 1 fully saturated rings. The zero-order valence-corrected chi connectivity index (χ0v) is 12.0. The van der Waals surface area contributed by atoms with E-state index in [1.54, 1.807) is 0 Å². The fourth-order valence-electron chi connectivity index (χ4n) is 2.94. The summed E-state index contributed by atoms with van der Waals surface area (Å²) in [5.41, 5.74) is 1.73. The highest BCUT2D eigenvalue weighted by Crippen LogP contribution is 2.31. The molecule has 0 aromatic carbocycles. The normalized spacial score (nSPS) is 23.6. The Labute approximate surface area is 111 Å². The molecule has 1 aliphatic rings. The van der Waals surface area contributed by atoms with Crippen molar-refractivity contribution >= 4 is 0 Å². The van der Waals surface area contributed by atoms with Gasteiger partial charge in [0.2, 0.25) is 0 Å². The molecular weight excluding hydrogens is 222 g/mol. The summed E-state index contributed by atoms with van der Waals surface area (Å²) in [7, 11) is 0. The van der Waals surface area contributed by atoms with E-state index in [0.29, 0.717) is 0 Å². The van der Waals surface area contributed by atoms with Gasteiger partial charge in [-0.25, -0.2) is 0 Å². The van der Waals surface area contributed by atoms with Gasteiger partial charge in [-0.05, 0) is 58.4 Å². The SMILES string of the molecule is CC1(C)CCNCC(C)(C)N1Cc1ccncc1. The van der Waals surface area contributed by atoms with E-state index in [-0.39, 0.29) is 11.1 Å². The Morgan fingerprint density at radius 2 is 1.83 bits per heavy atom. The monoisotopic (exact) mass is 247 g/mol. The van der Waals surface area contributed by atoms with E-state index in [9.17, 15) is 0 Å². The molecule has 3 nitrogen and oxygen atoms in total. The van der Waals surface area contributed by atoms with Gasteiger partial charge in [0, 0.05) is 36.6 Å². The van der Waals surface area contributed by atoms with Gasteiger partial charge < -0.3 is 5.32 Å². The number of hydrogen-bond donors (Lipinski definition) is 1. The minimum Gasteiger partial charge on any atom is -0.315 e.